The van der Waals surface area contributed by atoms with Crippen molar-refractivity contribution >= 4 is 11.6 Å². The van der Waals surface area contributed by atoms with Crippen LogP contribution in [0, 0.1) is 11.6 Å². The van der Waals surface area contributed by atoms with Gasteiger partial charge in [-0.2, -0.15) is 0 Å². The number of halogens is 3. The maximum absolute atomic E-state index is 13.7. The molecule has 0 fully saturated rings. The summed E-state index contributed by atoms with van der Waals surface area (Å²) in [7, 11) is 0. The molecule has 1 aliphatic rings. The fourth-order valence-electron chi connectivity index (χ4n) is 2.11. The van der Waals surface area contributed by atoms with Gasteiger partial charge in [-0.3, -0.25) is 0 Å². The normalized spacial score (nSPS) is 14.9. The van der Waals surface area contributed by atoms with Crippen LogP contribution in [0.3, 0.4) is 0 Å². The van der Waals surface area contributed by atoms with E-state index in [1.807, 2.05) is 0 Å². The summed E-state index contributed by atoms with van der Waals surface area (Å²) >= 11 is 6.25. The van der Waals surface area contributed by atoms with E-state index in [1.165, 1.54) is 0 Å². The van der Waals surface area contributed by atoms with Crippen molar-refractivity contribution in [2.24, 2.45) is 0 Å². The number of alkyl halides is 1. The van der Waals surface area contributed by atoms with Crippen molar-refractivity contribution in [3.05, 3.63) is 59.2 Å². The number of hydrogen-bond donors (Lipinski definition) is 0. The van der Waals surface area contributed by atoms with E-state index in [9.17, 15) is 8.78 Å². The van der Waals surface area contributed by atoms with Crippen molar-refractivity contribution in [1.29, 1.82) is 0 Å². The van der Waals surface area contributed by atoms with Gasteiger partial charge in [0.05, 0.1) is 5.38 Å². The minimum absolute atomic E-state index is 0.100. The van der Waals surface area contributed by atoms with E-state index >= 15 is 0 Å². The largest absolute Gasteiger partial charge is 0.486 e. The lowest BCUT2D eigenvalue weighted by molar-refractivity contribution is 0.171. The first-order chi connectivity index (χ1) is 9.65. The highest BCUT2D eigenvalue weighted by Gasteiger charge is 2.19. The molecule has 0 N–H and O–H groups in total. The van der Waals surface area contributed by atoms with Gasteiger partial charge in [-0.15, -0.1) is 11.6 Å². The number of ether oxygens (including phenoxy) is 2. The molecular weight excluding hydrogens is 286 g/mol. The van der Waals surface area contributed by atoms with E-state index in [0.717, 1.165) is 18.2 Å². The SMILES string of the molecule is Fc1ccc(F)c(C(Cl)c2ccc3c(c2)OCCO3)c1. The lowest BCUT2D eigenvalue weighted by atomic mass is 10.0. The van der Waals surface area contributed by atoms with E-state index < -0.39 is 17.0 Å². The second-order valence-electron chi connectivity index (χ2n) is 4.43. The molecule has 0 aromatic heterocycles. The molecule has 2 aromatic carbocycles. The molecule has 0 saturated carbocycles. The van der Waals surface area contributed by atoms with Crippen LogP contribution in [0.2, 0.25) is 0 Å². The average molecular weight is 297 g/mol. The van der Waals surface area contributed by atoms with E-state index in [4.69, 9.17) is 21.1 Å². The molecule has 0 aliphatic carbocycles. The van der Waals surface area contributed by atoms with Crippen LogP contribution in [0.1, 0.15) is 16.5 Å². The first-order valence-corrected chi connectivity index (χ1v) is 6.57. The zero-order chi connectivity index (χ0) is 14.1. The summed E-state index contributed by atoms with van der Waals surface area (Å²) in [6, 6.07) is 8.36. The van der Waals surface area contributed by atoms with Crippen molar-refractivity contribution in [1.82, 2.24) is 0 Å². The zero-order valence-corrected chi connectivity index (χ0v) is 11.2. The van der Waals surface area contributed by atoms with Gasteiger partial charge in [-0.05, 0) is 35.9 Å². The highest BCUT2D eigenvalue weighted by atomic mass is 35.5. The van der Waals surface area contributed by atoms with E-state index in [1.54, 1.807) is 18.2 Å². The van der Waals surface area contributed by atoms with Crippen LogP contribution < -0.4 is 9.47 Å². The summed E-state index contributed by atoms with van der Waals surface area (Å²) in [6.07, 6.45) is 0. The van der Waals surface area contributed by atoms with E-state index in [0.29, 0.717) is 30.3 Å². The molecule has 2 nitrogen and oxygen atoms in total. The van der Waals surface area contributed by atoms with Gasteiger partial charge in [-0.25, -0.2) is 8.78 Å². The van der Waals surface area contributed by atoms with Crippen LogP contribution in [-0.4, -0.2) is 13.2 Å². The number of benzene rings is 2. The molecule has 20 heavy (non-hydrogen) atoms. The molecule has 2 aromatic rings. The molecule has 3 rings (SSSR count). The van der Waals surface area contributed by atoms with Gasteiger partial charge in [0, 0.05) is 5.56 Å². The Morgan fingerprint density at radius 2 is 1.70 bits per heavy atom. The van der Waals surface area contributed by atoms with Crippen molar-refractivity contribution in [3.8, 4) is 11.5 Å². The Morgan fingerprint density at radius 3 is 2.50 bits per heavy atom. The smallest absolute Gasteiger partial charge is 0.161 e. The highest BCUT2D eigenvalue weighted by Crippen LogP contribution is 2.37. The van der Waals surface area contributed by atoms with Gasteiger partial charge in [0.15, 0.2) is 11.5 Å². The summed E-state index contributed by atoms with van der Waals surface area (Å²) in [6.45, 7) is 0.951. The van der Waals surface area contributed by atoms with E-state index in [-0.39, 0.29) is 5.56 Å². The van der Waals surface area contributed by atoms with Gasteiger partial charge >= 0.3 is 0 Å². The van der Waals surface area contributed by atoms with Crippen molar-refractivity contribution < 1.29 is 18.3 Å². The Kier molecular flexibility index (Phi) is 3.49. The fourth-order valence-corrected chi connectivity index (χ4v) is 2.41. The van der Waals surface area contributed by atoms with Crippen LogP contribution in [0.15, 0.2) is 36.4 Å². The summed E-state index contributed by atoms with van der Waals surface area (Å²) in [5.74, 6) is 0.130. The highest BCUT2D eigenvalue weighted by molar-refractivity contribution is 6.22. The van der Waals surface area contributed by atoms with Gasteiger partial charge in [0.2, 0.25) is 0 Å². The third-order valence-electron chi connectivity index (χ3n) is 3.09. The molecule has 1 aliphatic heterocycles. The molecule has 0 saturated heterocycles. The summed E-state index contributed by atoms with van der Waals surface area (Å²) in [5, 5.41) is -0.790. The van der Waals surface area contributed by atoms with Crippen LogP contribution in [0.5, 0.6) is 11.5 Å². The Labute approximate surface area is 119 Å². The Bertz CT molecular complexity index is 646. The second-order valence-corrected chi connectivity index (χ2v) is 4.87. The van der Waals surface area contributed by atoms with Gasteiger partial charge < -0.3 is 9.47 Å². The van der Waals surface area contributed by atoms with Crippen LogP contribution in [-0.2, 0) is 0 Å². The molecule has 1 atom stereocenters. The van der Waals surface area contributed by atoms with Crippen molar-refractivity contribution in [3.63, 3.8) is 0 Å². The maximum Gasteiger partial charge on any atom is 0.161 e. The van der Waals surface area contributed by atoms with Gasteiger partial charge in [0.25, 0.3) is 0 Å². The third kappa shape index (κ3) is 2.43. The minimum atomic E-state index is -0.790. The lowest BCUT2D eigenvalue weighted by Crippen LogP contribution is -2.15. The summed E-state index contributed by atoms with van der Waals surface area (Å²) in [5.41, 5.74) is 0.726. The van der Waals surface area contributed by atoms with E-state index in [2.05, 4.69) is 0 Å². The van der Waals surface area contributed by atoms with Crippen LogP contribution >= 0.6 is 11.6 Å². The van der Waals surface area contributed by atoms with Crippen molar-refractivity contribution in [2.45, 2.75) is 5.38 Å². The summed E-state index contributed by atoms with van der Waals surface area (Å²) < 4.78 is 37.8. The Balaban J connectivity index is 1.97. The molecule has 104 valence electrons. The number of fused-ring (bicyclic) bond motifs is 1. The zero-order valence-electron chi connectivity index (χ0n) is 10.4. The predicted octanol–water partition coefficient (Wildman–Crippen LogP) is 4.06. The third-order valence-corrected chi connectivity index (χ3v) is 3.58. The topological polar surface area (TPSA) is 18.5 Å². The van der Waals surface area contributed by atoms with Crippen LogP contribution in [0.4, 0.5) is 8.78 Å². The fraction of sp³-hybridized carbons (Fsp3) is 0.200. The lowest BCUT2D eigenvalue weighted by Gasteiger charge is -2.20. The maximum atomic E-state index is 13.7. The average Bonchev–Trinajstić information content (AvgIpc) is 2.48. The molecule has 1 unspecified atom stereocenters. The second kappa shape index (κ2) is 5.29. The quantitative estimate of drug-likeness (QED) is 0.778. The first-order valence-electron chi connectivity index (χ1n) is 6.14. The molecule has 1 heterocycles. The van der Waals surface area contributed by atoms with Crippen molar-refractivity contribution in [2.75, 3.05) is 13.2 Å². The van der Waals surface area contributed by atoms with Gasteiger partial charge in [0.1, 0.15) is 24.8 Å². The standard InChI is InChI=1S/C15H11ClF2O2/c16-15(11-8-10(17)2-3-12(11)18)9-1-4-13-14(7-9)20-6-5-19-13/h1-4,7-8,15H,5-6H2. The predicted molar refractivity (Wildman–Crippen MR) is 71.5 cm³/mol. The Morgan fingerprint density at radius 1 is 0.950 bits per heavy atom. The first kappa shape index (κ1) is 13.2. The minimum Gasteiger partial charge on any atom is -0.486 e. The molecular formula is C15H11ClF2O2. The molecule has 0 amide bonds. The molecule has 0 radical (unpaired) electrons. The van der Waals surface area contributed by atoms with Crippen LogP contribution in [0.25, 0.3) is 0 Å². The number of hydrogen-bond acceptors (Lipinski definition) is 2. The number of rotatable bonds is 2. The summed E-state index contributed by atoms with van der Waals surface area (Å²) in [4.78, 5) is 0. The molecule has 5 heteroatoms. The monoisotopic (exact) mass is 296 g/mol. The Hall–Kier alpha value is -1.81. The van der Waals surface area contributed by atoms with Gasteiger partial charge in [-0.1, -0.05) is 6.07 Å². The molecule has 0 spiro atoms. The molecule has 0 bridgehead atoms.